The summed E-state index contributed by atoms with van der Waals surface area (Å²) in [4.78, 5) is 25.1. The van der Waals surface area contributed by atoms with Crippen LogP contribution in [0.4, 0.5) is 4.79 Å². The predicted molar refractivity (Wildman–Crippen MR) is 101 cm³/mol. The van der Waals surface area contributed by atoms with E-state index in [-0.39, 0.29) is 25.7 Å². The maximum absolute atomic E-state index is 11.8. The molecule has 1 aromatic rings. The summed E-state index contributed by atoms with van der Waals surface area (Å²) >= 11 is 2.21. The molecule has 0 atom stereocenters. The molecule has 1 aliphatic heterocycles. The molecule has 8 heteroatoms. The minimum absolute atomic E-state index is 0.0793. The number of carbonyl (C=O) groups is 2. The number of nitrogens with one attached hydrogen (secondary N) is 1. The second-order valence-electron chi connectivity index (χ2n) is 5.16. The highest BCUT2D eigenvalue weighted by Crippen LogP contribution is 2.13. The lowest BCUT2D eigenvalue weighted by Gasteiger charge is -2.25. The number of rotatable bonds is 7. The highest BCUT2D eigenvalue weighted by molar-refractivity contribution is 14.1. The maximum atomic E-state index is 11.8. The van der Waals surface area contributed by atoms with Crippen molar-refractivity contribution >= 4 is 34.6 Å². The fraction of sp³-hybridized carbons (Fsp3) is 0.412. The van der Waals surface area contributed by atoms with Crippen LogP contribution in [-0.4, -0.2) is 63.0 Å². The van der Waals surface area contributed by atoms with Gasteiger partial charge in [0.25, 0.3) is 0 Å². The summed E-state index contributed by atoms with van der Waals surface area (Å²) in [7, 11) is 0. The van der Waals surface area contributed by atoms with Crippen molar-refractivity contribution in [3.8, 4) is 5.75 Å². The number of nitrogens with zero attached hydrogens (tertiary/aromatic N) is 1. The molecule has 1 fully saturated rings. The van der Waals surface area contributed by atoms with Gasteiger partial charge in [-0.1, -0.05) is 6.08 Å². The number of halogens is 1. The van der Waals surface area contributed by atoms with Gasteiger partial charge >= 0.3 is 6.09 Å². The standard InChI is InChI=1S/C17H21IN2O5/c18-14-3-5-15(6-4-14)24-12-13-25-17(22)19-7-1-2-16(21)20-8-10-23-11-9-20/h1-6H,7-13H2,(H,19,22)/b2-1+. The Balaban J connectivity index is 1.53. The number of hydrogen-bond donors (Lipinski definition) is 1. The average molecular weight is 460 g/mol. The third-order valence-corrected chi connectivity index (χ3v) is 4.07. The topological polar surface area (TPSA) is 77.1 Å². The van der Waals surface area contributed by atoms with Crippen LogP contribution in [-0.2, 0) is 14.3 Å². The molecule has 1 heterocycles. The molecule has 0 aromatic heterocycles. The fourth-order valence-electron chi connectivity index (χ4n) is 2.07. The molecule has 0 unspecified atom stereocenters. The quantitative estimate of drug-likeness (QED) is 0.382. The van der Waals surface area contributed by atoms with E-state index >= 15 is 0 Å². The Hall–Kier alpha value is -1.81. The van der Waals surface area contributed by atoms with E-state index < -0.39 is 6.09 Å². The van der Waals surface area contributed by atoms with E-state index in [4.69, 9.17) is 14.2 Å². The van der Waals surface area contributed by atoms with Crippen molar-refractivity contribution in [1.82, 2.24) is 10.2 Å². The highest BCUT2D eigenvalue weighted by Gasteiger charge is 2.13. The molecular formula is C17H21IN2O5. The zero-order chi connectivity index (χ0) is 17.9. The number of carbonyl (C=O) groups excluding carboxylic acids is 2. The van der Waals surface area contributed by atoms with Crippen molar-refractivity contribution in [2.24, 2.45) is 0 Å². The van der Waals surface area contributed by atoms with E-state index in [1.54, 1.807) is 11.0 Å². The lowest BCUT2D eigenvalue weighted by atomic mass is 10.3. The zero-order valence-electron chi connectivity index (χ0n) is 13.8. The number of alkyl carbamates (subject to hydrolysis) is 1. The Morgan fingerprint density at radius 1 is 1.20 bits per heavy atom. The first kappa shape index (κ1) is 19.5. The molecular weight excluding hydrogens is 439 g/mol. The lowest BCUT2D eigenvalue weighted by Crippen LogP contribution is -2.39. The van der Waals surface area contributed by atoms with Crippen molar-refractivity contribution in [2.45, 2.75) is 0 Å². The molecule has 2 rings (SSSR count). The average Bonchev–Trinajstić information content (AvgIpc) is 2.64. The summed E-state index contributed by atoms with van der Waals surface area (Å²) in [5.74, 6) is 0.651. The van der Waals surface area contributed by atoms with E-state index in [0.717, 1.165) is 9.32 Å². The van der Waals surface area contributed by atoms with Crippen LogP contribution in [0.3, 0.4) is 0 Å². The van der Waals surface area contributed by atoms with Gasteiger partial charge in [-0.2, -0.15) is 0 Å². The molecule has 0 spiro atoms. The summed E-state index contributed by atoms with van der Waals surface area (Å²) < 4.78 is 16.8. The molecule has 0 radical (unpaired) electrons. The SMILES string of the molecule is O=C(NC/C=C/C(=O)N1CCOCC1)OCCOc1ccc(I)cc1. The predicted octanol–water partition coefficient (Wildman–Crippen LogP) is 1.81. The van der Waals surface area contributed by atoms with Crippen LogP contribution < -0.4 is 10.1 Å². The van der Waals surface area contributed by atoms with E-state index in [2.05, 4.69) is 27.9 Å². The normalized spacial score (nSPS) is 14.4. The first-order valence-electron chi connectivity index (χ1n) is 7.97. The van der Waals surface area contributed by atoms with Gasteiger partial charge in [-0.25, -0.2) is 4.79 Å². The van der Waals surface area contributed by atoms with Gasteiger partial charge in [-0.05, 0) is 46.9 Å². The molecule has 25 heavy (non-hydrogen) atoms. The molecule has 0 saturated carbocycles. The van der Waals surface area contributed by atoms with Gasteiger partial charge in [-0.15, -0.1) is 0 Å². The van der Waals surface area contributed by atoms with Crippen LogP contribution in [0.2, 0.25) is 0 Å². The van der Waals surface area contributed by atoms with Crippen LogP contribution in [0.25, 0.3) is 0 Å². The van der Waals surface area contributed by atoms with Crippen LogP contribution in [0.1, 0.15) is 0 Å². The van der Waals surface area contributed by atoms with Crippen molar-refractivity contribution in [3.63, 3.8) is 0 Å². The third kappa shape index (κ3) is 7.74. The van der Waals surface area contributed by atoms with Gasteiger partial charge in [0.2, 0.25) is 5.91 Å². The number of benzene rings is 1. The van der Waals surface area contributed by atoms with Gasteiger partial charge in [0.1, 0.15) is 19.0 Å². The molecule has 2 amide bonds. The van der Waals surface area contributed by atoms with E-state index in [9.17, 15) is 9.59 Å². The summed E-state index contributed by atoms with van der Waals surface area (Å²) in [6.45, 7) is 2.97. The fourth-order valence-corrected chi connectivity index (χ4v) is 2.43. The van der Waals surface area contributed by atoms with Crippen LogP contribution in [0, 0.1) is 3.57 Å². The zero-order valence-corrected chi connectivity index (χ0v) is 15.9. The molecule has 1 N–H and O–H groups in total. The largest absolute Gasteiger partial charge is 0.490 e. The third-order valence-electron chi connectivity index (χ3n) is 3.35. The van der Waals surface area contributed by atoms with E-state index in [1.807, 2.05) is 24.3 Å². The monoisotopic (exact) mass is 460 g/mol. The number of hydrogen-bond acceptors (Lipinski definition) is 5. The molecule has 136 valence electrons. The maximum Gasteiger partial charge on any atom is 0.407 e. The molecule has 1 saturated heterocycles. The Labute approximate surface area is 160 Å². The van der Waals surface area contributed by atoms with Crippen molar-refractivity contribution in [1.29, 1.82) is 0 Å². The number of ether oxygens (including phenoxy) is 3. The van der Waals surface area contributed by atoms with Crippen LogP contribution >= 0.6 is 22.6 Å². The Morgan fingerprint density at radius 2 is 1.92 bits per heavy atom. The first-order valence-corrected chi connectivity index (χ1v) is 9.05. The second kappa shape index (κ2) is 10.9. The summed E-state index contributed by atoms with van der Waals surface area (Å²) in [5, 5.41) is 2.55. The summed E-state index contributed by atoms with van der Waals surface area (Å²) in [6, 6.07) is 7.60. The van der Waals surface area contributed by atoms with E-state index in [1.165, 1.54) is 6.08 Å². The Kier molecular flexibility index (Phi) is 8.53. The van der Waals surface area contributed by atoms with Gasteiger partial charge in [0.15, 0.2) is 0 Å². The summed E-state index contributed by atoms with van der Waals surface area (Å²) in [5.41, 5.74) is 0. The summed E-state index contributed by atoms with van der Waals surface area (Å²) in [6.07, 6.45) is 2.50. The minimum atomic E-state index is -0.547. The number of morpholine rings is 1. The molecule has 0 bridgehead atoms. The number of amides is 2. The second-order valence-corrected chi connectivity index (χ2v) is 6.40. The molecule has 1 aromatic carbocycles. The highest BCUT2D eigenvalue weighted by atomic mass is 127. The van der Waals surface area contributed by atoms with Gasteiger partial charge in [0, 0.05) is 29.3 Å². The minimum Gasteiger partial charge on any atom is -0.490 e. The first-order chi connectivity index (χ1) is 12.1. The molecule has 0 aliphatic carbocycles. The molecule has 1 aliphatic rings. The van der Waals surface area contributed by atoms with Crippen LogP contribution in [0.5, 0.6) is 5.75 Å². The van der Waals surface area contributed by atoms with Crippen molar-refractivity contribution in [2.75, 3.05) is 46.1 Å². The van der Waals surface area contributed by atoms with Crippen molar-refractivity contribution in [3.05, 3.63) is 40.0 Å². The van der Waals surface area contributed by atoms with Gasteiger partial charge in [-0.3, -0.25) is 4.79 Å². The lowest BCUT2D eigenvalue weighted by molar-refractivity contribution is -0.129. The molecule has 7 nitrogen and oxygen atoms in total. The van der Waals surface area contributed by atoms with Gasteiger partial charge < -0.3 is 24.4 Å². The Morgan fingerprint density at radius 3 is 2.64 bits per heavy atom. The van der Waals surface area contributed by atoms with Crippen LogP contribution in [0.15, 0.2) is 36.4 Å². The Bertz CT molecular complexity index is 585. The smallest absolute Gasteiger partial charge is 0.407 e. The van der Waals surface area contributed by atoms with Crippen molar-refractivity contribution < 1.29 is 23.8 Å². The van der Waals surface area contributed by atoms with Gasteiger partial charge in [0.05, 0.1) is 13.2 Å². The van der Waals surface area contributed by atoms with E-state index in [0.29, 0.717) is 26.3 Å².